The Labute approximate surface area is 120 Å². The summed E-state index contributed by atoms with van der Waals surface area (Å²) in [6.07, 6.45) is 4.78. The van der Waals surface area contributed by atoms with Gasteiger partial charge in [0.25, 0.3) is 0 Å². The molecule has 0 bridgehead atoms. The van der Waals surface area contributed by atoms with E-state index in [4.69, 9.17) is 11.2 Å². The van der Waals surface area contributed by atoms with Crippen LogP contribution in [0.25, 0.3) is 0 Å². The number of amides is 1. The van der Waals surface area contributed by atoms with Crippen LogP contribution in [0.2, 0.25) is 0 Å². The quantitative estimate of drug-likeness (QED) is 0.640. The van der Waals surface area contributed by atoms with Crippen LogP contribution >= 0.6 is 0 Å². The Morgan fingerprint density at radius 2 is 2.00 bits per heavy atom. The third-order valence-electron chi connectivity index (χ3n) is 2.47. The Morgan fingerprint density at radius 3 is 2.55 bits per heavy atom. The molecule has 1 aromatic carbocycles. The zero-order chi connectivity index (χ0) is 15.0. The number of ether oxygens (including phenoxy) is 1. The van der Waals surface area contributed by atoms with Gasteiger partial charge >= 0.3 is 6.09 Å². The topological polar surface area (TPSA) is 50.4 Å². The first-order valence-corrected chi connectivity index (χ1v) is 6.61. The van der Waals surface area contributed by atoms with Gasteiger partial charge in [-0.05, 0) is 26.3 Å². The van der Waals surface area contributed by atoms with Crippen molar-refractivity contribution < 1.29 is 9.53 Å². The lowest BCUT2D eigenvalue weighted by molar-refractivity contribution is 0.0503. The number of hydrogen-bond acceptors (Lipinski definition) is 3. The van der Waals surface area contributed by atoms with Gasteiger partial charge in [0.15, 0.2) is 0 Å². The van der Waals surface area contributed by atoms with E-state index in [1.165, 1.54) is 0 Å². The second-order valence-electron chi connectivity index (χ2n) is 5.44. The van der Waals surface area contributed by atoms with Gasteiger partial charge in [0.2, 0.25) is 0 Å². The van der Waals surface area contributed by atoms with E-state index in [9.17, 15) is 4.79 Å². The smallest absolute Gasteiger partial charge is 0.408 e. The predicted molar refractivity (Wildman–Crippen MR) is 80.3 cm³/mol. The van der Waals surface area contributed by atoms with Crippen molar-refractivity contribution in [1.82, 2.24) is 10.6 Å². The van der Waals surface area contributed by atoms with E-state index >= 15 is 0 Å². The lowest BCUT2D eigenvalue weighted by Gasteiger charge is -2.24. The maximum Gasteiger partial charge on any atom is 0.408 e. The molecular weight excluding hydrogens is 252 g/mol. The molecular formula is C16H22N2O2. The molecule has 0 aromatic heterocycles. The number of alkyl carbamates (subject to hydrolysis) is 1. The maximum atomic E-state index is 11.9. The molecule has 0 aliphatic heterocycles. The van der Waals surface area contributed by atoms with Gasteiger partial charge in [0, 0.05) is 6.54 Å². The second-order valence-corrected chi connectivity index (χ2v) is 5.44. The molecule has 108 valence electrons. The van der Waals surface area contributed by atoms with Crippen LogP contribution in [-0.4, -0.2) is 24.8 Å². The molecule has 1 rings (SSSR count). The lowest BCUT2D eigenvalue weighted by atomic mass is 10.1. The van der Waals surface area contributed by atoms with Crippen LogP contribution < -0.4 is 10.6 Å². The summed E-state index contributed by atoms with van der Waals surface area (Å²) in [6, 6.07) is 9.53. The summed E-state index contributed by atoms with van der Waals surface area (Å²) in [5, 5.41) is 5.95. The third kappa shape index (κ3) is 6.26. The van der Waals surface area contributed by atoms with Crippen LogP contribution in [0.5, 0.6) is 0 Å². The number of terminal acetylenes is 1. The number of benzene rings is 1. The van der Waals surface area contributed by atoms with Gasteiger partial charge in [0.05, 0.1) is 12.6 Å². The van der Waals surface area contributed by atoms with E-state index < -0.39 is 11.7 Å². The number of nitrogens with one attached hydrogen (secondary N) is 2. The molecule has 0 fully saturated rings. The molecule has 1 atom stereocenters. The largest absolute Gasteiger partial charge is 0.444 e. The monoisotopic (exact) mass is 274 g/mol. The Hall–Kier alpha value is -1.99. The van der Waals surface area contributed by atoms with Crippen LogP contribution in [0.1, 0.15) is 32.4 Å². The SMILES string of the molecule is C#CCNCC(NC(=O)OC(C)(C)C)c1ccccc1. The Morgan fingerprint density at radius 1 is 1.35 bits per heavy atom. The molecule has 0 aliphatic rings. The maximum absolute atomic E-state index is 11.9. The molecule has 0 saturated heterocycles. The second kappa shape index (κ2) is 7.56. The minimum Gasteiger partial charge on any atom is -0.444 e. The van der Waals surface area contributed by atoms with Gasteiger partial charge in [-0.3, -0.25) is 0 Å². The standard InChI is InChI=1S/C16H22N2O2/c1-5-11-17-12-14(13-9-7-6-8-10-13)18-15(19)20-16(2,3)4/h1,6-10,14,17H,11-12H2,2-4H3,(H,18,19). The van der Waals surface area contributed by atoms with Crippen LogP contribution in [-0.2, 0) is 4.74 Å². The summed E-state index contributed by atoms with van der Waals surface area (Å²) < 4.78 is 5.28. The van der Waals surface area contributed by atoms with E-state index in [-0.39, 0.29) is 6.04 Å². The minimum absolute atomic E-state index is 0.181. The van der Waals surface area contributed by atoms with Crippen molar-refractivity contribution in [2.24, 2.45) is 0 Å². The normalized spacial score (nSPS) is 12.3. The minimum atomic E-state index is -0.516. The summed E-state index contributed by atoms with van der Waals surface area (Å²) in [6.45, 7) is 6.51. The van der Waals surface area contributed by atoms with Crippen LogP contribution in [0, 0.1) is 12.3 Å². The Kier molecular flexibility index (Phi) is 6.08. The van der Waals surface area contributed by atoms with E-state index in [1.54, 1.807) is 0 Å². The molecule has 0 aliphatic carbocycles. The molecule has 1 aromatic rings. The molecule has 2 N–H and O–H groups in total. The van der Waals surface area contributed by atoms with Crippen LogP contribution in [0.15, 0.2) is 30.3 Å². The molecule has 1 unspecified atom stereocenters. The van der Waals surface area contributed by atoms with Crippen molar-refractivity contribution in [3.8, 4) is 12.3 Å². The third-order valence-corrected chi connectivity index (χ3v) is 2.47. The summed E-state index contributed by atoms with van der Waals surface area (Å²) >= 11 is 0. The molecule has 20 heavy (non-hydrogen) atoms. The van der Waals surface area contributed by atoms with Gasteiger partial charge in [-0.2, -0.15) is 0 Å². The van der Waals surface area contributed by atoms with Gasteiger partial charge in [0.1, 0.15) is 5.60 Å². The van der Waals surface area contributed by atoms with Crippen molar-refractivity contribution in [3.05, 3.63) is 35.9 Å². The first-order chi connectivity index (χ1) is 9.42. The van der Waals surface area contributed by atoms with E-state index in [0.29, 0.717) is 13.1 Å². The molecule has 0 spiro atoms. The average Bonchev–Trinajstić information content (AvgIpc) is 2.37. The highest BCUT2D eigenvalue weighted by molar-refractivity contribution is 5.68. The van der Waals surface area contributed by atoms with E-state index in [2.05, 4.69) is 16.6 Å². The first-order valence-electron chi connectivity index (χ1n) is 6.61. The predicted octanol–water partition coefficient (Wildman–Crippen LogP) is 2.48. The molecule has 4 nitrogen and oxygen atoms in total. The molecule has 0 radical (unpaired) electrons. The van der Waals surface area contributed by atoms with Crippen molar-refractivity contribution in [2.45, 2.75) is 32.4 Å². The van der Waals surface area contributed by atoms with Crippen LogP contribution in [0.4, 0.5) is 4.79 Å². The number of rotatable bonds is 5. The summed E-state index contributed by atoms with van der Waals surface area (Å²) in [5.41, 5.74) is 0.486. The highest BCUT2D eigenvalue weighted by Crippen LogP contribution is 2.13. The van der Waals surface area contributed by atoms with Crippen molar-refractivity contribution in [1.29, 1.82) is 0 Å². The zero-order valence-electron chi connectivity index (χ0n) is 12.3. The number of carbonyl (C=O) groups excluding carboxylic acids is 1. The van der Waals surface area contributed by atoms with Crippen molar-refractivity contribution in [2.75, 3.05) is 13.1 Å². The molecule has 4 heteroatoms. The summed E-state index contributed by atoms with van der Waals surface area (Å²) in [4.78, 5) is 11.9. The summed E-state index contributed by atoms with van der Waals surface area (Å²) in [7, 11) is 0. The highest BCUT2D eigenvalue weighted by atomic mass is 16.6. The fourth-order valence-electron chi connectivity index (χ4n) is 1.68. The fraction of sp³-hybridized carbons (Fsp3) is 0.438. The highest BCUT2D eigenvalue weighted by Gasteiger charge is 2.20. The number of hydrogen-bond donors (Lipinski definition) is 2. The Balaban J connectivity index is 2.68. The average molecular weight is 274 g/mol. The van der Waals surface area contributed by atoms with Crippen molar-refractivity contribution in [3.63, 3.8) is 0 Å². The molecule has 1 amide bonds. The number of carbonyl (C=O) groups is 1. The molecule has 0 saturated carbocycles. The van der Waals surface area contributed by atoms with Crippen molar-refractivity contribution >= 4 is 6.09 Å². The van der Waals surface area contributed by atoms with E-state index in [1.807, 2.05) is 51.1 Å². The fourth-order valence-corrected chi connectivity index (χ4v) is 1.68. The van der Waals surface area contributed by atoms with Gasteiger partial charge in [-0.15, -0.1) is 6.42 Å². The Bertz CT molecular complexity index is 458. The summed E-state index contributed by atoms with van der Waals surface area (Å²) in [5.74, 6) is 2.51. The van der Waals surface area contributed by atoms with Crippen LogP contribution in [0.3, 0.4) is 0 Å². The zero-order valence-corrected chi connectivity index (χ0v) is 12.3. The first kappa shape index (κ1) is 16.1. The van der Waals surface area contributed by atoms with E-state index in [0.717, 1.165) is 5.56 Å². The van der Waals surface area contributed by atoms with Gasteiger partial charge < -0.3 is 15.4 Å². The van der Waals surface area contributed by atoms with Gasteiger partial charge in [-0.25, -0.2) is 4.79 Å². The lowest BCUT2D eigenvalue weighted by Crippen LogP contribution is -2.39. The van der Waals surface area contributed by atoms with Gasteiger partial charge in [-0.1, -0.05) is 36.3 Å². The molecule has 0 heterocycles.